The summed E-state index contributed by atoms with van der Waals surface area (Å²) in [5, 5.41) is 8.78. The molecule has 1 aromatic rings. The Hall–Kier alpha value is -1.73. The highest BCUT2D eigenvalue weighted by Gasteiger charge is 2.58. The van der Waals surface area contributed by atoms with Crippen molar-refractivity contribution >= 4 is 5.69 Å². The van der Waals surface area contributed by atoms with Crippen LogP contribution in [0.5, 0.6) is 5.75 Å². The monoisotopic (exact) mass is 341 g/mol. The van der Waals surface area contributed by atoms with Crippen molar-refractivity contribution in [3.63, 3.8) is 0 Å². The van der Waals surface area contributed by atoms with Crippen molar-refractivity contribution in [1.82, 2.24) is 4.90 Å². The van der Waals surface area contributed by atoms with Gasteiger partial charge in [0.05, 0.1) is 12.7 Å². The number of hydrogen-bond acceptors (Lipinski definition) is 4. The van der Waals surface area contributed by atoms with Gasteiger partial charge >= 0.3 is 0 Å². The standard InChI is InChI=1S/C21H31N3O/c1-4-21-16-23(13-7-6-12-22)14-20(21,3)15-24(17-21)18-8-10-19(11-9-18)25-5-2/h8-11H,4-7,13-17H2,1-3H3/t20-,21+/m1/s1. The van der Waals surface area contributed by atoms with Crippen LogP contribution in [0, 0.1) is 22.2 Å². The van der Waals surface area contributed by atoms with Crippen LogP contribution < -0.4 is 9.64 Å². The summed E-state index contributed by atoms with van der Waals surface area (Å²) in [7, 11) is 0. The summed E-state index contributed by atoms with van der Waals surface area (Å²) in [6.07, 6.45) is 2.88. The van der Waals surface area contributed by atoms with Crippen LogP contribution in [-0.2, 0) is 0 Å². The lowest BCUT2D eigenvalue weighted by Crippen LogP contribution is -2.36. The van der Waals surface area contributed by atoms with Crippen LogP contribution >= 0.6 is 0 Å². The number of nitrogens with zero attached hydrogens (tertiary/aromatic N) is 3. The molecule has 136 valence electrons. The Bertz CT molecular complexity index is 623. The summed E-state index contributed by atoms with van der Waals surface area (Å²) in [5.41, 5.74) is 1.99. The van der Waals surface area contributed by atoms with Crippen LogP contribution in [0.2, 0.25) is 0 Å². The molecule has 0 bridgehead atoms. The van der Waals surface area contributed by atoms with Gasteiger partial charge in [-0.05, 0) is 50.6 Å². The quantitative estimate of drug-likeness (QED) is 0.705. The number of anilines is 1. The van der Waals surface area contributed by atoms with Gasteiger partial charge in [-0.25, -0.2) is 0 Å². The van der Waals surface area contributed by atoms with Gasteiger partial charge in [0.25, 0.3) is 0 Å². The first-order chi connectivity index (χ1) is 12.1. The zero-order valence-electron chi connectivity index (χ0n) is 15.9. The molecule has 0 aromatic heterocycles. The minimum absolute atomic E-state index is 0.326. The molecular weight excluding hydrogens is 310 g/mol. The number of nitriles is 1. The van der Waals surface area contributed by atoms with E-state index in [1.807, 2.05) is 6.92 Å². The maximum Gasteiger partial charge on any atom is 0.119 e. The number of likely N-dealkylation sites (tertiary alicyclic amines) is 1. The number of benzene rings is 1. The van der Waals surface area contributed by atoms with Crippen LogP contribution in [-0.4, -0.2) is 44.2 Å². The lowest BCUT2D eigenvalue weighted by molar-refractivity contribution is 0.177. The van der Waals surface area contributed by atoms with Crippen LogP contribution in [0.1, 0.15) is 40.0 Å². The molecule has 0 aliphatic carbocycles. The van der Waals surface area contributed by atoms with Gasteiger partial charge in [0, 0.05) is 49.1 Å². The molecule has 2 fully saturated rings. The molecule has 0 amide bonds. The number of ether oxygens (including phenoxy) is 1. The van der Waals surface area contributed by atoms with E-state index in [9.17, 15) is 0 Å². The van der Waals surface area contributed by atoms with Crippen LogP contribution in [0.3, 0.4) is 0 Å². The largest absolute Gasteiger partial charge is 0.494 e. The van der Waals surface area contributed by atoms with Crippen LogP contribution in [0.25, 0.3) is 0 Å². The number of hydrogen-bond donors (Lipinski definition) is 0. The molecule has 0 radical (unpaired) electrons. The van der Waals surface area contributed by atoms with E-state index in [-0.39, 0.29) is 0 Å². The molecule has 2 aliphatic heterocycles. The van der Waals surface area contributed by atoms with Gasteiger partial charge < -0.3 is 14.5 Å². The maximum absolute atomic E-state index is 8.78. The molecule has 25 heavy (non-hydrogen) atoms. The molecule has 0 saturated carbocycles. The van der Waals surface area contributed by atoms with Gasteiger partial charge in [0.1, 0.15) is 5.75 Å². The number of unbranched alkanes of at least 4 members (excludes halogenated alkanes) is 1. The molecule has 4 nitrogen and oxygen atoms in total. The van der Waals surface area contributed by atoms with E-state index in [0.717, 1.165) is 38.3 Å². The lowest BCUT2D eigenvalue weighted by atomic mass is 9.68. The molecule has 2 atom stereocenters. The normalized spacial score (nSPS) is 28.8. The van der Waals surface area contributed by atoms with Gasteiger partial charge in [0.15, 0.2) is 0 Å². The molecular formula is C21H31N3O. The second kappa shape index (κ2) is 7.25. The van der Waals surface area contributed by atoms with Crippen LogP contribution in [0.15, 0.2) is 24.3 Å². The third kappa shape index (κ3) is 3.35. The van der Waals surface area contributed by atoms with Gasteiger partial charge in [-0.15, -0.1) is 0 Å². The Labute approximate surface area is 152 Å². The van der Waals surface area contributed by atoms with E-state index in [2.05, 4.69) is 54.0 Å². The van der Waals surface area contributed by atoms with E-state index < -0.39 is 0 Å². The van der Waals surface area contributed by atoms with Crippen molar-refractivity contribution in [2.45, 2.75) is 40.0 Å². The van der Waals surface area contributed by atoms with Crippen molar-refractivity contribution in [1.29, 1.82) is 5.26 Å². The molecule has 4 heteroatoms. The lowest BCUT2D eigenvalue weighted by Gasteiger charge is -2.33. The SMILES string of the molecule is CCOc1ccc(N2C[C@@]3(C)CN(CCCC#N)C[C@@]3(CC)C2)cc1. The van der Waals surface area contributed by atoms with E-state index in [1.54, 1.807) is 0 Å². The average molecular weight is 341 g/mol. The van der Waals surface area contributed by atoms with Gasteiger partial charge in [-0.1, -0.05) is 13.8 Å². The molecule has 0 unspecified atom stereocenters. The minimum Gasteiger partial charge on any atom is -0.494 e. The summed E-state index contributed by atoms with van der Waals surface area (Å²) < 4.78 is 5.57. The molecule has 1 aromatic carbocycles. The number of rotatable bonds is 7. The smallest absolute Gasteiger partial charge is 0.119 e. The summed E-state index contributed by atoms with van der Waals surface area (Å²) in [6.45, 7) is 13.2. The van der Waals surface area contributed by atoms with E-state index in [1.165, 1.54) is 18.7 Å². The predicted molar refractivity (Wildman–Crippen MR) is 102 cm³/mol. The fourth-order valence-electron chi connectivity index (χ4n) is 4.93. The highest BCUT2D eigenvalue weighted by molar-refractivity contribution is 5.51. The highest BCUT2D eigenvalue weighted by atomic mass is 16.5. The second-order valence-electron chi connectivity index (χ2n) is 7.95. The minimum atomic E-state index is 0.326. The van der Waals surface area contributed by atoms with Crippen molar-refractivity contribution < 1.29 is 4.74 Å². The first-order valence-corrected chi connectivity index (χ1v) is 9.63. The van der Waals surface area contributed by atoms with Gasteiger partial charge in [0.2, 0.25) is 0 Å². The van der Waals surface area contributed by atoms with Crippen LogP contribution in [0.4, 0.5) is 5.69 Å². The van der Waals surface area contributed by atoms with E-state index in [4.69, 9.17) is 10.00 Å². The maximum atomic E-state index is 8.78. The Morgan fingerprint density at radius 2 is 1.88 bits per heavy atom. The fraction of sp³-hybridized carbons (Fsp3) is 0.667. The third-order valence-corrected chi connectivity index (χ3v) is 6.37. The molecule has 0 spiro atoms. The van der Waals surface area contributed by atoms with Crippen molar-refractivity contribution in [3.8, 4) is 11.8 Å². The first kappa shape index (κ1) is 18.1. The fourth-order valence-corrected chi connectivity index (χ4v) is 4.93. The zero-order valence-corrected chi connectivity index (χ0v) is 15.9. The summed E-state index contributed by atoms with van der Waals surface area (Å²) >= 11 is 0. The molecule has 0 N–H and O–H groups in total. The summed E-state index contributed by atoms with van der Waals surface area (Å²) in [6, 6.07) is 10.8. The van der Waals surface area contributed by atoms with Gasteiger partial charge in [-0.2, -0.15) is 5.26 Å². The first-order valence-electron chi connectivity index (χ1n) is 9.63. The molecule has 3 rings (SSSR count). The van der Waals surface area contributed by atoms with Gasteiger partial charge in [-0.3, -0.25) is 0 Å². The molecule has 2 heterocycles. The summed E-state index contributed by atoms with van der Waals surface area (Å²) in [5.74, 6) is 0.950. The van der Waals surface area contributed by atoms with Crippen molar-refractivity contribution in [2.24, 2.45) is 10.8 Å². The second-order valence-corrected chi connectivity index (χ2v) is 7.95. The summed E-state index contributed by atoms with van der Waals surface area (Å²) in [4.78, 5) is 5.15. The topological polar surface area (TPSA) is 39.5 Å². The van der Waals surface area contributed by atoms with E-state index in [0.29, 0.717) is 23.9 Å². The zero-order chi connectivity index (χ0) is 17.9. The average Bonchev–Trinajstić information content (AvgIpc) is 3.03. The van der Waals surface area contributed by atoms with Crippen molar-refractivity contribution in [2.75, 3.05) is 44.2 Å². The molecule has 2 aliphatic rings. The van der Waals surface area contributed by atoms with E-state index >= 15 is 0 Å². The van der Waals surface area contributed by atoms with Crippen molar-refractivity contribution in [3.05, 3.63) is 24.3 Å². The molecule has 2 saturated heterocycles. The number of fused-ring (bicyclic) bond motifs is 1. The Morgan fingerprint density at radius 1 is 1.12 bits per heavy atom. The Morgan fingerprint density at radius 3 is 2.48 bits per heavy atom. The highest BCUT2D eigenvalue weighted by Crippen LogP contribution is 2.54. The predicted octanol–water partition coefficient (Wildman–Crippen LogP) is 3.93. The Kier molecular flexibility index (Phi) is 5.24. The third-order valence-electron chi connectivity index (χ3n) is 6.37. The Balaban J connectivity index is 1.70.